The maximum atomic E-state index is 11.6. The molecule has 0 spiro atoms. The number of amidine groups is 1. The number of carbonyl (C=O) groups is 1. The quantitative estimate of drug-likeness (QED) is 0.502. The van der Waals surface area contributed by atoms with Gasteiger partial charge in [0.05, 0.1) is 17.2 Å². The number of benzene rings is 1. The van der Waals surface area contributed by atoms with Gasteiger partial charge < -0.3 is 20.3 Å². The molecule has 7 nitrogen and oxygen atoms in total. The molecule has 3 N–H and O–H groups in total. The zero-order valence-electron chi connectivity index (χ0n) is 18.6. The van der Waals surface area contributed by atoms with Crippen LogP contribution in [0.5, 0.6) is 0 Å². The molecule has 2 unspecified atom stereocenters. The number of carbonyl (C=O) groups excluding carboxylic acids is 1. The van der Waals surface area contributed by atoms with E-state index in [0.29, 0.717) is 18.0 Å². The summed E-state index contributed by atoms with van der Waals surface area (Å²) in [6.45, 7) is 10.3. The highest BCUT2D eigenvalue weighted by Gasteiger charge is 2.31. The van der Waals surface area contributed by atoms with Crippen molar-refractivity contribution in [2.45, 2.75) is 46.3 Å². The number of hydrogen-bond acceptors (Lipinski definition) is 6. The van der Waals surface area contributed by atoms with Gasteiger partial charge in [0, 0.05) is 38.6 Å². The summed E-state index contributed by atoms with van der Waals surface area (Å²) in [7, 11) is 1.75. The molecule has 3 rings (SSSR count). The first-order chi connectivity index (χ1) is 14.3. The molecular formula is C23H33N5O2. The molecule has 7 heteroatoms. The Bertz CT molecular complexity index is 927. The standard InChI is InChI=1S/C23H33N5O2/c1-14(2)12-25-20-8-9-28(13-21(20)30-5)23-18(22(24)26-16(4)29)11-17-10-15(3)6-7-19(17)27-23/h6-7,10-11,14,20-21,25H,8-9,12-13H2,1-5H3,(H2,24,26,29). The molecule has 0 saturated carbocycles. The van der Waals surface area contributed by atoms with Crippen molar-refractivity contribution < 1.29 is 9.53 Å². The molecule has 1 amide bonds. The van der Waals surface area contributed by atoms with E-state index in [2.05, 4.69) is 35.4 Å². The third-order valence-corrected chi connectivity index (χ3v) is 5.47. The maximum absolute atomic E-state index is 11.6. The van der Waals surface area contributed by atoms with Gasteiger partial charge in [-0.25, -0.2) is 4.98 Å². The number of aryl methyl sites for hydroxylation is 1. The Labute approximate surface area is 178 Å². The second-order valence-electron chi connectivity index (χ2n) is 8.53. The van der Waals surface area contributed by atoms with E-state index in [9.17, 15) is 4.79 Å². The van der Waals surface area contributed by atoms with E-state index >= 15 is 0 Å². The Balaban J connectivity index is 1.94. The van der Waals surface area contributed by atoms with Crippen LogP contribution in [0.3, 0.4) is 0 Å². The van der Waals surface area contributed by atoms with Crippen molar-refractivity contribution >= 4 is 28.5 Å². The molecule has 1 aliphatic heterocycles. The highest BCUT2D eigenvalue weighted by Crippen LogP contribution is 2.28. The van der Waals surface area contributed by atoms with Crippen molar-refractivity contribution in [1.82, 2.24) is 15.6 Å². The van der Waals surface area contributed by atoms with E-state index in [0.717, 1.165) is 41.8 Å². The van der Waals surface area contributed by atoms with Crippen LogP contribution in [0, 0.1) is 18.3 Å². The summed E-state index contributed by atoms with van der Waals surface area (Å²) in [6, 6.07) is 8.34. The number of aromatic nitrogens is 1. The summed E-state index contributed by atoms with van der Waals surface area (Å²) in [6.07, 6.45) is 0.946. The molecule has 0 radical (unpaired) electrons. The SMILES string of the molecule is COC1CN(c2nc3ccc(C)cc3cc2C(=N)NC(C)=O)CCC1NCC(C)C. The molecule has 162 valence electrons. The van der Waals surface area contributed by atoms with E-state index in [-0.39, 0.29) is 23.9 Å². The van der Waals surface area contributed by atoms with E-state index in [1.54, 1.807) is 7.11 Å². The van der Waals surface area contributed by atoms with Gasteiger partial charge in [0.2, 0.25) is 5.91 Å². The van der Waals surface area contributed by atoms with Crippen LogP contribution >= 0.6 is 0 Å². The minimum Gasteiger partial charge on any atom is -0.378 e. The smallest absolute Gasteiger partial charge is 0.222 e. The van der Waals surface area contributed by atoms with Gasteiger partial charge in [-0.1, -0.05) is 25.5 Å². The molecule has 0 bridgehead atoms. The third-order valence-electron chi connectivity index (χ3n) is 5.47. The molecule has 2 aromatic rings. The molecular weight excluding hydrogens is 378 g/mol. The number of anilines is 1. The van der Waals surface area contributed by atoms with E-state index in [4.69, 9.17) is 15.1 Å². The first-order valence-electron chi connectivity index (χ1n) is 10.6. The van der Waals surface area contributed by atoms with Crippen molar-refractivity contribution in [2.75, 3.05) is 31.6 Å². The fourth-order valence-corrected chi connectivity index (χ4v) is 3.92. The molecule has 30 heavy (non-hydrogen) atoms. The van der Waals surface area contributed by atoms with Crippen LogP contribution in [0.4, 0.5) is 5.82 Å². The van der Waals surface area contributed by atoms with Crippen molar-refractivity contribution in [3.05, 3.63) is 35.4 Å². The number of ether oxygens (including phenoxy) is 1. The lowest BCUT2D eigenvalue weighted by atomic mass is 9.99. The van der Waals surface area contributed by atoms with E-state index < -0.39 is 0 Å². The second-order valence-corrected chi connectivity index (χ2v) is 8.53. The molecule has 1 saturated heterocycles. The number of pyridine rings is 1. The van der Waals surface area contributed by atoms with Crippen LogP contribution in [-0.2, 0) is 9.53 Å². The number of piperidine rings is 1. The molecule has 2 atom stereocenters. The molecule has 2 heterocycles. The van der Waals surface area contributed by atoms with Gasteiger partial charge in [-0.3, -0.25) is 10.2 Å². The Hall–Kier alpha value is -2.51. The zero-order chi connectivity index (χ0) is 21.8. The van der Waals surface area contributed by atoms with Gasteiger partial charge in [-0.15, -0.1) is 0 Å². The minimum absolute atomic E-state index is 0.0239. The lowest BCUT2D eigenvalue weighted by molar-refractivity contribution is -0.117. The van der Waals surface area contributed by atoms with Crippen LogP contribution in [-0.4, -0.2) is 55.6 Å². The molecule has 1 aliphatic rings. The molecule has 0 aliphatic carbocycles. The topological polar surface area (TPSA) is 90.3 Å². The minimum atomic E-state index is -0.262. The molecule has 1 aromatic carbocycles. The van der Waals surface area contributed by atoms with Crippen molar-refractivity contribution in [3.63, 3.8) is 0 Å². The predicted molar refractivity (Wildman–Crippen MR) is 121 cm³/mol. The highest BCUT2D eigenvalue weighted by atomic mass is 16.5. The largest absolute Gasteiger partial charge is 0.378 e. The molecule has 1 fully saturated rings. The number of fused-ring (bicyclic) bond motifs is 1. The summed E-state index contributed by atoms with van der Waals surface area (Å²) in [4.78, 5) is 18.7. The average Bonchev–Trinajstić information content (AvgIpc) is 2.70. The molecule has 1 aromatic heterocycles. The van der Waals surface area contributed by atoms with Crippen LogP contribution < -0.4 is 15.5 Å². The van der Waals surface area contributed by atoms with Gasteiger partial charge in [-0.2, -0.15) is 0 Å². The Morgan fingerprint density at radius 1 is 1.37 bits per heavy atom. The number of rotatable bonds is 6. The first kappa shape index (κ1) is 22.2. The average molecular weight is 412 g/mol. The number of nitrogens with one attached hydrogen (secondary N) is 3. The van der Waals surface area contributed by atoms with Crippen LogP contribution in [0.15, 0.2) is 24.3 Å². The predicted octanol–water partition coefficient (Wildman–Crippen LogP) is 2.84. The van der Waals surface area contributed by atoms with E-state index in [1.165, 1.54) is 6.92 Å². The normalized spacial score (nSPS) is 19.3. The Morgan fingerprint density at radius 3 is 2.80 bits per heavy atom. The fraction of sp³-hybridized carbons (Fsp3) is 0.522. The lowest BCUT2D eigenvalue weighted by Crippen LogP contribution is -2.54. The monoisotopic (exact) mass is 411 g/mol. The second kappa shape index (κ2) is 9.53. The Kier molecular flexibility index (Phi) is 7.05. The highest BCUT2D eigenvalue weighted by molar-refractivity contribution is 6.10. The number of amides is 1. The summed E-state index contributed by atoms with van der Waals surface area (Å²) < 4.78 is 5.80. The van der Waals surface area contributed by atoms with Gasteiger partial charge in [0.25, 0.3) is 0 Å². The summed E-state index contributed by atoms with van der Waals surface area (Å²) in [5.74, 6) is 1.11. The first-order valence-corrected chi connectivity index (χ1v) is 10.6. The lowest BCUT2D eigenvalue weighted by Gasteiger charge is -2.39. The van der Waals surface area contributed by atoms with Crippen molar-refractivity contribution in [2.24, 2.45) is 5.92 Å². The van der Waals surface area contributed by atoms with Gasteiger partial charge in [-0.05, 0) is 44.0 Å². The van der Waals surface area contributed by atoms with Gasteiger partial charge in [0.15, 0.2) is 0 Å². The van der Waals surface area contributed by atoms with Crippen LogP contribution in [0.2, 0.25) is 0 Å². The van der Waals surface area contributed by atoms with E-state index in [1.807, 2.05) is 25.1 Å². The van der Waals surface area contributed by atoms with Crippen LogP contribution in [0.1, 0.15) is 38.3 Å². The number of hydrogen-bond donors (Lipinski definition) is 3. The third kappa shape index (κ3) is 5.15. The van der Waals surface area contributed by atoms with Crippen LogP contribution in [0.25, 0.3) is 10.9 Å². The maximum Gasteiger partial charge on any atom is 0.222 e. The zero-order valence-corrected chi connectivity index (χ0v) is 18.6. The van der Waals surface area contributed by atoms with Gasteiger partial charge >= 0.3 is 0 Å². The van der Waals surface area contributed by atoms with Crippen molar-refractivity contribution in [1.29, 1.82) is 5.41 Å². The summed E-state index contributed by atoms with van der Waals surface area (Å²) in [5, 5.41) is 15.7. The summed E-state index contributed by atoms with van der Waals surface area (Å²) in [5.41, 5.74) is 2.64. The van der Waals surface area contributed by atoms with Crippen molar-refractivity contribution in [3.8, 4) is 0 Å². The number of nitrogens with zero attached hydrogens (tertiary/aromatic N) is 2. The number of methoxy groups -OCH3 is 1. The Morgan fingerprint density at radius 2 is 2.13 bits per heavy atom. The van der Waals surface area contributed by atoms with Gasteiger partial charge in [0.1, 0.15) is 11.7 Å². The summed E-state index contributed by atoms with van der Waals surface area (Å²) >= 11 is 0. The fourth-order valence-electron chi connectivity index (χ4n) is 3.92.